The number of carbonyl (C=O) groups is 2. The van der Waals surface area contributed by atoms with E-state index in [-0.39, 0.29) is 13.0 Å². The van der Waals surface area contributed by atoms with Crippen LogP contribution in [-0.4, -0.2) is 60.5 Å². The molecule has 0 spiro atoms. The van der Waals surface area contributed by atoms with Gasteiger partial charge in [-0.2, -0.15) is 0 Å². The van der Waals surface area contributed by atoms with Crippen molar-refractivity contribution in [2.75, 3.05) is 26.4 Å². The fourth-order valence-corrected chi connectivity index (χ4v) is 7.15. The van der Waals surface area contributed by atoms with Gasteiger partial charge in [-0.3, -0.25) is 18.6 Å². The summed E-state index contributed by atoms with van der Waals surface area (Å²) in [5, 5.41) is 8.91. The normalized spacial score (nSPS) is 14.2. The Kier molecular flexibility index (Phi) is 42.5. The van der Waals surface area contributed by atoms with Crippen molar-refractivity contribution in [3.8, 4) is 0 Å². The van der Waals surface area contributed by atoms with Crippen LogP contribution in [0.4, 0.5) is 0 Å². The highest BCUT2D eigenvalue weighted by atomic mass is 31.2. The Morgan fingerprint density at radius 1 is 0.542 bits per heavy atom. The zero-order valence-corrected chi connectivity index (χ0v) is 38.5. The lowest BCUT2D eigenvalue weighted by Gasteiger charge is -2.20. The van der Waals surface area contributed by atoms with Gasteiger partial charge in [0.05, 0.1) is 19.8 Å². The number of carboxylic acids is 1. The summed E-state index contributed by atoms with van der Waals surface area (Å²) in [6.07, 6.45) is 51.5. The lowest BCUT2D eigenvalue weighted by molar-refractivity contribution is -0.154. The van der Waals surface area contributed by atoms with E-state index in [1.165, 1.54) is 116 Å². The molecule has 0 rings (SSSR count). The Balaban J connectivity index is 4.22. The van der Waals surface area contributed by atoms with E-state index in [4.69, 9.17) is 29.4 Å². The number of aliphatic carboxylic acids is 1. The largest absolute Gasteiger partial charge is 0.480 e. The molecule has 0 aromatic carbocycles. The molecule has 0 bridgehead atoms. The van der Waals surface area contributed by atoms with Crippen LogP contribution in [0.25, 0.3) is 0 Å². The second kappa shape index (κ2) is 44.0. The van der Waals surface area contributed by atoms with Gasteiger partial charge in [0.1, 0.15) is 12.1 Å². The van der Waals surface area contributed by atoms with E-state index in [9.17, 15) is 19.0 Å². The Morgan fingerprint density at radius 3 is 1.37 bits per heavy atom. The minimum absolute atomic E-state index is 0.00910. The molecule has 59 heavy (non-hydrogen) atoms. The number of allylic oxidation sites excluding steroid dienone is 8. The van der Waals surface area contributed by atoms with Crippen molar-refractivity contribution in [3.05, 3.63) is 48.6 Å². The van der Waals surface area contributed by atoms with Crippen LogP contribution in [0.1, 0.15) is 206 Å². The third-order valence-corrected chi connectivity index (χ3v) is 11.0. The number of hydrogen-bond acceptors (Lipinski definition) is 8. The smallest absolute Gasteiger partial charge is 0.472 e. The van der Waals surface area contributed by atoms with Gasteiger partial charge in [-0.05, 0) is 77.0 Å². The maximum absolute atomic E-state index is 12.7. The first-order valence-corrected chi connectivity index (χ1v) is 25.2. The van der Waals surface area contributed by atoms with Crippen LogP contribution in [0.3, 0.4) is 0 Å². The van der Waals surface area contributed by atoms with Crippen molar-refractivity contribution in [2.24, 2.45) is 5.73 Å². The Hall–Kier alpha value is -2.07. The number of rotatable bonds is 45. The molecule has 0 aliphatic carbocycles. The van der Waals surface area contributed by atoms with Crippen LogP contribution in [0, 0.1) is 0 Å². The molecular formula is C48H88NO9P. The van der Waals surface area contributed by atoms with Crippen molar-refractivity contribution in [2.45, 2.75) is 219 Å². The molecule has 0 saturated carbocycles. The van der Waals surface area contributed by atoms with Gasteiger partial charge in [0.25, 0.3) is 0 Å². The molecule has 3 unspecified atom stereocenters. The van der Waals surface area contributed by atoms with E-state index in [0.29, 0.717) is 13.0 Å². The highest BCUT2D eigenvalue weighted by molar-refractivity contribution is 7.47. The molecule has 3 atom stereocenters. The van der Waals surface area contributed by atoms with Gasteiger partial charge in [-0.15, -0.1) is 0 Å². The molecule has 0 fully saturated rings. The standard InChI is InChI=1S/C48H88NO9P/c1-3-5-7-9-11-13-15-17-19-21-23-25-27-29-31-33-35-37-39-41-55-42-45(43-56-59(53,54)57-44-46(49)48(51)52)58-47(50)40-38-36-34-32-30-28-26-24-22-20-18-16-14-12-10-8-6-4-2/h13-16,19-22,45-46H,3-12,17-18,23-44,49H2,1-2H3,(H,51,52)(H,53,54)/b15-13-,16-14-,21-19-,22-20-. The summed E-state index contributed by atoms with van der Waals surface area (Å²) in [6, 6.07) is -1.48. The van der Waals surface area contributed by atoms with Crippen LogP contribution >= 0.6 is 7.82 Å². The van der Waals surface area contributed by atoms with Gasteiger partial charge < -0.3 is 25.2 Å². The summed E-state index contributed by atoms with van der Waals surface area (Å²) in [7, 11) is -4.62. The third-order valence-electron chi connectivity index (χ3n) is 10.1. The van der Waals surface area contributed by atoms with Crippen LogP contribution in [0.5, 0.6) is 0 Å². The molecule has 0 aromatic rings. The number of unbranched alkanes of at least 4 members (excludes halogenated alkanes) is 23. The molecule has 344 valence electrons. The number of phosphoric ester groups is 1. The summed E-state index contributed by atoms with van der Waals surface area (Å²) < 4.78 is 33.4. The maximum Gasteiger partial charge on any atom is 0.472 e. The lowest BCUT2D eigenvalue weighted by atomic mass is 10.1. The Labute approximate surface area is 360 Å². The average Bonchev–Trinajstić information content (AvgIpc) is 3.21. The predicted octanol–water partition coefficient (Wildman–Crippen LogP) is 13.4. The molecule has 0 radical (unpaired) electrons. The van der Waals surface area contributed by atoms with Crippen molar-refractivity contribution in [1.29, 1.82) is 0 Å². The number of carboxylic acid groups (broad SMARTS) is 1. The van der Waals surface area contributed by atoms with Gasteiger partial charge >= 0.3 is 19.8 Å². The van der Waals surface area contributed by atoms with Gasteiger partial charge in [-0.25, -0.2) is 4.57 Å². The van der Waals surface area contributed by atoms with Crippen molar-refractivity contribution < 1.29 is 42.7 Å². The maximum atomic E-state index is 12.7. The zero-order chi connectivity index (χ0) is 43.3. The van der Waals surface area contributed by atoms with E-state index in [2.05, 4.69) is 62.5 Å². The number of carbonyl (C=O) groups excluding carboxylic acids is 1. The molecule has 0 aromatic heterocycles. The van der Waals surface area contributed by atoms with E-state index >= 15 is 0 Å². The number of nitrogens with two attached hydrogens (primary N) is 1. The molecular weight excluding hydrogens is 765 g/mol. The fourth-order valence-electron chi connectivity index (χ4n) is 6.37. The summed E-state index contributed by atoms with van der Waals surface area (Å²) in [4.78, 5) is 33.6. The molecule has 0 heterocycles. The van der Waals surface area contributed by atoms with Gasteiger partial charge in [0.2, 0.25) is 0 Å². The van der Waals surface area contributed by atoms with Crippen LogP contribution in [0.2, 0.25) is 0 Å². The summed E-state index contributed by atoms with van der Waals surface area (Å²) >= 11 is 0. The fraction of sp³-hybridized carbons (Fsp3) is 0.792. The Bertz CT molecular complexity index is 1130. The lowest BCUT2D eigenvalue weighted by Crippen LogP contribution is -2.34. The minimum atomic E-state index is -4.62. The first-order chi connectivity index (χ1) is 28.7. The van der Waals surface area contributed by atoms with E-state index in [1.54, 1.807) is 0 Å². The number of esters is 1. The molecule has 0 aliphatic rings. The second-order valence-corrected chi connectivity index (χ2v) is 17.3. The summed E-state index contributed by atoms with van der Waals surface area (Å²) in [6.45, 7) is 3.84. The highest BCUT2D eigenvalue weighted by Crippen LogP contribution is 2.43. The third kappa shape index (κ3) is 43.8. The number of phosphoric acid groups is 1. The molecule has 10 nitrogen and oxygen atoms in total. The van der Waals surface area contributed by atoms with E-state index in [0.717, 1.165) is 64.2 Å². The van der Waals surface area contributed by atoms with Gasteiger partial charge in [0, 0.05) is 13.0 Å². The SMILES string of the molecule is CCCCCC/C=C\C/C=C\CCCCCCCCCCOCC(COP(=O)(O)OCC(N)C(=O)O)OC(=O)CCCCCCCCC/C=C\C/C=C\CCCCCC. The number of ether oxygens (including phenoxy) is 2. The highest BCUT2D eigenvalue weighted by Gasteiger charge is 2.27. The van der Waals surface area contributed by atoms with Crippen LogP contribution in [-0.2, 0) is 32.7 Å². The van der Waals surface area contributed by atoms with Gasteiger partial charge in [-0.1, -0.05) is 172 Å². The summed E-state index contributed by atoms with van der Waals surface area (Å²) in [5.74, 6) is -1.79. The van der Waals surface area contributed by atoms with Crippen molar-refractivity contribution in [3.63, 3.8) is 0 Å². The first-order valence-electron chi connectivity index (χ1n) is 23.7. The van der Waals surface area contributed by atoms with Crippen LogP contribution < -0.4 is 5.73 Å². The zero-order valence-electron chi connectivity index (χ0n) is 37.6. The predicted molar refractivity (Wildman–Crippen MR) is 244 cm³/mol. The van der Waals surface area contributed by atoms with Gasteiger partial charge in [0.15, 0.2) is 0 Å². The topological polar surface area (TPSA) is 155 Å². The minimum Gasteiger partial charge on any atom is -0.480 e. The van der Waals surface area contributed by atoms with Crippen LogP contribution in [0.15, 0.2) is 48.6 Å². The van der Waals surface area contributed by atoms with Crippen molar-refractivity contribution in [1.82, 2.24) is 0 Å². The Morgan fingerprint density at radius 2 is 0.932 bits per heavy atom. The molecule has 0 saturated heterocycles. The van der Waals surface area contributed by atoms with Crippen molar-refractivity contribution >= 4 is 19.8 Å². The molecule has 0 aliphatic heterocycles. The first kappa shape index (κ1) is 56.9. The van der Waals surface area contributed by atoms with E-state index in [1.807, 2.05) is 0 Å². The molecule has 4 N–H and O–H groups in total. The molecule has 0 amide bonds. The molecule has 11 heteroatoms. The average molecular weight is 854 g/mol. The van der Waals surface area contributed by atoms with E-state index < -0.39 is 45.1 Å². The second-order valence-electron chi connectivity index (χ2n) is 15.9. The summed E-state index contributed by atoms with van der Waals surface area (Å²) in [5.41, 5.74) is 5.36. The number of hydrogen-bond donors (Lipinski definition) is 3. The quantitative estimate of drug-likeness (QED) is 0.0233. The monoisotopic (exact) mass is 854 g/mol.